The summed E-state index contributed by atoms with van der Waals surface area (Å²) in [5, 5.41) is 4.64. The summed E-state index contributed by atoms with van der Waals surface area (Å²) in [6, 6.07) is 7.25. The zero-order valence-corrected chi connectivity index (χ0v) is 14.4. The molecule has 0 aliphatic heterocycles. The van der Waals surface area contributed by atoms with Crippen LogP contribution in [0.4, 0.5) is 14.5 Å². The second kappa shape index (κ2) is 7.53. The molecular weight excluding hydrogens is 310 g/mol. The van der Waals surface area contributed by atoms with E-state index < -0.39 is 11.6 Å². The van der Waals surface area contributed by atoms with Crippen molar-refractivity contribution in [2.75, 3.05) is 11.9 Å². The first-order chi connectivity index (χ1) is 11.3. The van der Waals surface area contributed by atoms with Crippen LogP contribution in [0.15, 0.2) is 30.3 Å². The molecule has 2 aromatic rings. The maximum atomic E-state index is 13.8. The number of carbonyl (C=O) groups is 1. The standard InChI is InChI=1S/C19H22F2N2O/c1-11-7-12(2)19(13(3)8-11)23-18(24)10-22-14(4)16-6-5-15(20)9-17(16)21/h5-9,14,22H,10H2,1-4H3,(H,23,24)/p+1/t14-/m0/s1. The molecule has 1 atom stereocenters. The predicted molar refractivity (Wildman–Crippen MR) is 90.8 cm³/mol. The summed E-state index contributed by atoms with van der Waals surface area (Å²) in [5.74, 6) is -1.35. The van der Waals surface area contributed by atoms with E-state index in [1.54, 1.807) is 12.2 Å². The number of hydrogen-bond acceptors (Lipinski definition) is 1. The van der Waals surface area contributed by atoms with Gasteiger partial charge in [0.2, 0.25) is 0 Å². The number of aryl methyl sites for hydroxylation is 3. The van der Waals surface area contributed by atoms with Gasteiger partial charge in [0.1, 0.15) is 17.7 Å². The van der Waals surface area contributed by atoms with E-state index in [4.69, 9.17) is 0 Å². The van der Waals surface area contributed by atoms with Crippen molar-refractivity contribution in [1.82, 2.24) is 0 Å². The first-order valence-corrected chi connectivity index (χ1v) is 7.94. The van der Waals surface area contributed by atoms with E-state index in [0.29, 0.717) is 5.56 Å². The molecule has 0 radical (unpaired) electrons. The van der Waals surface area contributed by atoms with Crippen LogP contribution in [0, 0.1) is 32.4 Å². The van der Waals surface area contributed by atoms with E-state index in [9.17, 15) is 13.6 Å². The van der Waals surface area contributed by atoms with Gasteiger partial charge in [-0.15, -0.1) is 0 Å². The zero-order chi connectivity index (χ0) is 17.9. The molecule has 5 heteroatoms. The van der Waals surface area contributed by atoms with Gasteiger partial charge in [-0.2, -0.15) is 0 Å². The van der Waals surface area contributed by atoms with Gasteiger partial charge in [0, 0.05) is 17.3 Å². The Morgan fingerprint density at radius 2 is 1.75 bits per heavy atom. The lowest BCUT2D eigenvalue weighted by Crippen LogP contribution is -2.86. The summed E-state index contributed by atoms with van der Waals surface area (Å²) in [4.78, 5) is 12.2. The molecule has 3 nitrogen and oxygen atoms in total. The van der Waals surface area contributed by atoms with Crippen LogP contribution >= 0.6 is 0 Å². The number of anilines is 1. The molecular formula is C19H23F2N2O+. The molecule has 3 N–H and O–H groups in total. The first kappa shape index (κ1) is 18.1. The molecule has 0 fully saturated rings. The van der Waals surface area contributed by atoms with Crippen molar-refractivity contribution in [2.45, 2.75) is 33.7 Å². The maximum absolute atomic E-state index is 13.8. The Labute approximate surface area is 141 Å². The van der Waals surface area contributed by atoms with Crippen LogP contribution in [0.25, 0.3) is 0 Å². The molecule has 0 unspecified atom stereocenters. The highest BCUT2D eigenvalue weighted by atomic mass is 19.1. The Hall–Kier alpha value is -2.27. The van der Waals surface area contributed by atoms with Crippen molar-refractivity contribution in [2.24, 2.45) is 0 Å². The van der Waals surface area contributed by atoms with Gasteiger partial charge in [-0.05, 0) is 51.0 Å². The van der Waals surface area contributed by atoms with Crippen LogP contribution in [0.3, 0.4) is 0 Å². The van der Waals surface area contributed by atoms with Crippen molar-refractivity contribution in [3.05, 3.63) is 64.2 Å². The quantitative estimate of drug-likeness (QED) is 0.867. The number of quaternary nitrogens is 1. The minimum absolute atomic E-state index is 0.153. The summed E-state index contributed by atoms with van der Waals surface area (Å²) in [6.45, 7) is 7.86. The summed E-state index contributed by atoms with van der Waals surface area (Å²) in [7, 11) is 0. The Morgan fingerprint density at radius 1 is 1.12 bits per heavy atom. The third-order valence-corrected chi connectivity index (χ3v) is 4.05. The molecule has 1 amide bonds. The zero-order valence-electron chi connectivity index (χ0n) is 14.4. The summed E-state index contributed by atoms with van der Waals surface area (Å²) in [5.41, 5.74) is 4.37. The molecule has 0 spiro atoms. The number of nitrogens with two attached hydrogens (primary N) is 1. The van der Waals surface area contributed by atoms with Crippen LogP contribution in [-0.4, -0.2) is 12.5 Å². The minimum atomic E-state index is -0.605. The summed E-state index contributed by atoms with van der Waals surface area (Å²) >= 11 is 0. The van der Waals surface area contributed by atoms with E-state index in [1.165, 1.54) is 12.1 Å². The average molecular weight is 333 g/mol. The van der Waals surface area contributed by atoms with Gasteiger partial charge in [0.15, 0.2) is 6.54 Å². The van der Waals surface area contributed by atoms with Gasteiger partial charge in [0.05, 0.1) is 0 Å². The third kappa shape index (κ3) is 4.38. The monoisotopic (exact) mass is 333 g/mol. The molecule has 24 heavy (non-hydrogen) atoms. The van der Waals surface area contributed by atoms with Gasteiger partial charge in [-0.3, -0.25) is 4.79 Å². The number of amides is 1. The Bertz CT molecular complexity index is 736. The molecule has 0 heterocycles. The van der Waals surface area contributed by atoms with Crippen molar-refractivity contribution >= 4 is 11.6 Å². The fourth-order valence-corrected chi connectivity index (χ4v) is 2.85. The van der Waals surface area contributed by atoms with Crippen molar-refractivity contribution in [1.29, 1.82) is 0 Å². The number of rotatable bonds is 5. The Kier molecular flexibility index (Phi) is 5.67. The lowest BCUT2D eigenvalue weighted by atomic mass is 10.1. The van der Waals surface area contributed by atoms with Gasteiger partial charge in [-0.1, -0.05) is 17.7 Å². The molecule has 2 aromatic carbocycles. The number of carbonyl (C=O) groups excluding carboxylic acids is 1. The fraction of sp³-hybridized carbons (Fsp3) is 0.316. The van der Waals surface area contributed by atoms with Gasteiger partial charge in [-0.25, -0.2) is 8.78 Å². The van der Waals surface area contributed by atoms with E-state index in [1.807, 2.05) is 32.9 Å². The molecule has 0 aromatic heterocycles. The van der Waals surface area contributed by atoms with Crippen LogP contribution in [0.2, 0.25) is 0 Å². The number of nitrogens with one attached hydrogen (secondary N) is 1. The Morgan fingerprint density at radius 3 is 2.33 bits per heavy atom. The highest BCUT2D eigenvalue weighted by molar-refractivity contribution is 5.93. The van der Waals surface area contributed by atoms with Gasteiger partial charge in [0.25, 0.3) is 5.91 Å². The van der Waals surface area contributed by atoms with E-state index >= 15 is 0 Å². The van der Waals surface area contributed by atoms with Crippen LogP contribution < -0.4 is 10.6 Å². The minimum Gasteiger partial charge on any atom is -0.332 e. The average Bonchev–Trinajstić information content (AvgIpc) is 2.48. The van der Waals surface area contributed by atoms with Gasteiger partial charge < -0.3 is 10.6 Å². The normalized spacial score (nSPS) is 12.1. The van der Waals surface area contributed by atoms with E-state index in [-0.39, 0.29) is 18.5 Å². The largest absolute Gasteiger partial charge is 0.332 e. The molecule has 0 bridgehead atoms. The van der Waals surface area contributed by atoms with Crippen LogP contribution in [-0.2, 0) is 4.79 Å². The predicted octanol–water partition coefficient (Wildman–Crippen LogP) is 3.15. The molecule has 128 valence electrons. The number of hydrogen-bond donors (Lipinski definition) is 2. The lowest BCUT2D eigenvalue weighted by molar-refractivity contribution is -0.682. The van der Waals surface area contributed by atoms with Gasteiger partial charge >= 0.3 is 0 Å². The van der Waals surface area contributed by atoms with E-state index in [0.717, 1.165) is 28.4 Å². The number of benzene rings is 2. The highest BCUT2D eigenvalue weighted by Crippen LogP contribution is 2.21. The summed E-state index contributed by atoms with van der Waals surface area (Å²) in [6.07, 6.45) is 0. The smallest absolute Gasteiger partial charge is 0.279 e. The van der Waals surface area contributed by atoms with Crippen molar-refractivity contribution in [3.8, 4) is 0 Å². The molecule has 0 aliphatic carbocycles. The highest BCUT2D eigenvalue weighted by Gasteiger charge is 2.17. The second-order valence-electron chi connectivity index (χ2n) is 6.22. The Balaban J connectivity index is 1.98. The van der Waals surface area contributed by atoms with Crippen LogP contribution in [0.1, 0.15) is 35.2 Å². The third-order valence-electron chi connectivity index (χ3n) is 4.05. The van der Waals surface area contributed by atoms with Crippen LogP contribution in [0.5, 0.6) is 0 Å². The number of halogens is 2. The summed E-state index contributed by atoms with van der Waals surface area (Å²) < 4.78 is 26.7. The van der Waals surface area contributed by atoms with E-state index in [2.05, 4.69) is 5.32 Å². The molecule has 0 saturated carbocycles. The second-order valence-corrected chi connectivity index (χ2v) is 6.22. The fourth-order valence-electron chi connectivity index (χ4n) is 2.85. The first-order valence-electron chi connectivity index (χ1n) is 7.94. The maximum Gasteiger partial charge on any atom is 0.279 e. The SMILES string of the molecule is Cc1cc(C)c(NC(=O)C[NH2+][C@@H](C)c2ccc(F)cc2F)c(C)c1. The molecule has 0 saturated heterocycles. The topological polar surface area (TPSA) is 45.7 Å². The van der Waals surface area contributed by atoms with Crippen molar-refractivity contribution < 1.29 is 18.9 Å². The van der Waals surface area contributed by atoms with Crippen molar-refractivity contribution in [3.63, 3.8) is 0 Å². The molecule has 2 rings (SSSR count). The molecule has 0 aliphatic rings. The lowest BCUT2D eigenvalue weighted by Gasteiger charge is -2.14.